The van der Waals surface area contributed by atoms with Gasteiger partial charge in [-0.2, -0.15) is 13.2 Å². The number of hydrogen-bond donors (Lipinski definition) is 1. The zero-order valence-electron chi connectivity index (χ0n) is 25.8. The van der Waals surface area contributed by atoms with Crippen molar-refractivity contribution in [3.63, 3.8) is 0 Å². The van der Waals surface area contributed by atoms with Crippen molar-refractivity contribution in [2.24, 2.45) is 5.41 Å². The standard InChI is InChI=1S/C30H34ClF3N10O3/c1-19(12-43-18-37-40-41-43)47-25-7-20(3-4-23(25)31)21-10-35-27(36-11-21)38-24-13-44(39-26(24)46-17-30(32,33)34)22-8-29(9-22)14-42(15-29)28(2)5-6-45-16-28/h3-4,7,10-11,13,18-19,22H,5-6,8-9,12,14-17H2,1-2H3,(H,35,36,38)/t19-,28?/m0/s1. The van der Waals surface area contributed by atoms with E-state index in [0.29, 0.717) is 22.9 Å². The van der Waals surface area contributed by atoms with Gasteiger partial charge in [0.25, 0.3) is 5.88 Å². The van der Waals surface area contributed by atoms with E-state index in [-0.39, 0.29) is 40.6 Å². The number of tetrazole rings is 1. The third kappa shape index (κ3) is 6.85. The van der Waals surface area contributed by atoms with Crippen molar-refractivity contribution in [3.05, 3.63) is 48.1 Å². The van der Waals surface area contributed by atoms with Crippen molar-refractivity contribution in [1.29, 1.82) is 0 Å². The van der Waals surface area contributed by atoms with Crippen molar-refractivity contribution in [1.82, 2.24) is 44.9 Å². The molecule has 13 nitrogen and oxygen atoms in total. The topological polar surface area (TPSA) is 130 Å². The molecule has 1 aromatic carbocycles. The van der Waals surface area contributed by atoms with Gasteiger partial charge in [-0.1, -0.05) is 17.7 Å². The number of halogens is 4. The first-order valence-electron chi connectivity index (χ1n) is 15.3. The van der Waals surface area contributed by atoms with E-state index in [1.54, 1.807) is 40.1 Å². The van der Waals surface area contributed by atoms with Gasteiger partial charge in [0, 0.05) is 43.2 Å². The average molecular weight is 675 g/mol. The normalized spacial score (nSPS) is 21.7. The minimum Gasteiger partial charge on any atom is -0.487 e. The molecule has 0 bridgehead atoms. The molecule has 1 spiro atoms. The van der Waals surface area contributed by atoms with E-state index in [2.05, 4.69) is 47.7 Å². The highest BCUT2D eigenvalue weighted by atomic mass is 35.5. The van der Waals surface area contributed by atoms with Crippen LogP contribution in [0.4, 0.5) is 24.8 Å². The first-order chi connectivity index (χ1) is 22.5. The Morgan fingerprint density at radius 2 is 1.96 bits per heavy atom. The first-order valence-corrected chi connectivity index (χ1v) is 15.7. The molecule has 3 aromatic heterocycles. The lowest BCUT2D eigenvalue weighted by molar-refractivity contribution is -0.154. The number of rotatable bonds is 11. The number of anilines is 2. The Labute approximate surface area is 273 Å². The van der Waals surface area contributed by atoms with Crippen LogP contribution in [0.2, 0.25) is 5.02 Å². The summed E-state index contributed by atoms with van der Waals surface area (Å²) in [6.45, 7) is 6.62. The van der Waals surface area contributed by atoms with Gasteiger partial charge in [0.15, 0.2) is 6.61 Å². The summed E-state index contributed by atoms with van der Waals surface area (Å²) in [6.07, 6.45) is 4.41. The minimum atomic E-state index is -4.51. The summed E-state index contributed by atoms with van der Waals surface area (Å²) in [5, 5.41) is 18.9. The second kappa shape index (κ2) is 12.2. The van der Waals surface area contributed by atoms with Gasteiger partial charge in [-0.05, 0) is 66.6 Å². The lowest BCUT2D eigenvalue weighted by atomic mass is 9.59. The summed E-state index contributed by atoms with van der Waals surface area (Å²) in [4.78, 5) is 11.3. The second-order valence-electron chi connectivity index (χ2n) is 13.0. The summed E-state index contributed by atoms with van der Waals surface area (Å²) in [5.74, 6) is 0.495. The van der Waals surface area contributed by atoms with Gasteiger partial charge in [-0.3, -0.25) is 9.58 Å². The largest absolute Gasteiger partial charge is 0.487 e. The molecule has 0 radical (unpaired) electrons. The highest BCUT2D eigenvalue weighted by Crippen LogP contribution is 2.56. The number of alkyl halides is 3. The third-order valence-corrected chi connectivity index (χ3v) is 9.43. The van der Waals surface area contributed by atoms with Crippen LogP contribution in [0, 0.1) is 5.41 Å². The van der Waals surface area contributed by atoms with Crippen LogP contribution in [0.3, 0.4) is 0 Å². The third-order valence-electron chi connectivity index (χ3n) is 9.12. The van der Waals surface area contributed by atoms with E-state index < -0.39 is 12.8 Å². The summed E-state index contributed by atoms with van der Waals surface area (Å²) in [5.41, 5.74) is 2.00. The van der Waals surface area contributed by atoms with Gasteiger partial charge in [-0.15, -0.1) is 10.2 Å². The average Bonchev–Trinajstić information content (AvgIpc) is 3.74. The lowest BCUT2D eigenvalue weighted by Crippen LogP contribution is -2.68. The van der Waals surface area contributed by atoms with E-state index in [9.17, 15) is 13.2 Å². The number of nitrogens with zero attached hydrogens (tertiary/aromatic N) is 9. The Morgan fingerprint density at radius 1 is 1.17 bits per heavy atom. The highest BCUT2D eigenvalue weighted by Gasteiger charge is 2.57. The van der Waals surface area contributed by atoms with Crippen molar-refractivity contribution in [3.8, 4) is 22.8 Å². The summed E-state index contributed by atoms with van der Waals surface area (Å²) in [6, 6.07) is 5.38. The van der Waals surface area contributed by atoms with Crippen LogP contribution in [-0.2, 0) is 11.3 Å². The van der Waals surface area contributed by atoms with Gasteiger partial charge in [0.05, 0.1) is 30.4 Å². The number of aromatic nitrogens is 8. The Bertz CT molecular complexity index is 1680. The summed E-state index contributed by atoms with van der Waals surface area (Å²) >= 11 is 6.39. The molecule has 17 heteroatoms. The van der Waals surface area contributed by atoms with Crippen molar-refractivity contribution in [2.75, 3.05) is 38.2 Å². The van der Waals surface area contributed by atoms with Crippen LogP contribution in [0.5, 0.6) is 11.6 Å². The summed E-state index contributed by atoms with van der Waals surface area (Å²) < 4.78 is 59.2. The Balaban J connectivity index is 1.02. The van der Waals surface area contributed by atoms with Crippen LogP contribution < -0.4 is 14.8 Å². The lowest BCUT2D eigenvalue weighted by Gasteiger charge is -2.62. The SMILES string of the molecule is C[C@@H](Cn1cnnn1)Oc1cc(-c2cnc(Nc3cn(C4CC5(C4)CN(C4(C)CCOC4)C5)nc3OCC(F)(F)F)nc2)ccc1Cl. The van der Waals surface area contributed by atoms with E-state index in [4.69, 9.17) is 25.8 Å². The molecular weight excluding hydrogens is 641 g/mol. The number of ether oxygens (including phenoxy) is 3. The molecule has 7 rings (SSSR count). The molecule has 2 saturated heterocycles. The number of hydrogen-bond acceptors (Lipinski definition) is 11. The van der Waals surface area contributed by atoms with Crippen molar-refractivity contribution in [2.45, 2.75) is 63.5 Å². The van der Waals surface area contributed by atoms with Crippen molar-refractivity contribution < 1.29 is 27.4 Å². The Morgan fingerprint density at radius 3 is 2.64 bits per heavy atom. The number of nitrogens with one attached hydrogen (secondary N) is 1. The van der Waals surface area contributed by atoms with Crippen molar-refractivity contribution >= 4 is 23.2 Å². The summed E-state index contributed by atoms with van der Waals surface area (Å²) in [7, 11) is 0. The Kier molecular flexibility index (Phi) is 8.20. The van der Waals surface area contributed by atoms with Crippen LogP contribution in [0.25, 0.3) is 11.1 Å². The monoisotopic (exact) mass is 674 g/mol. The van der Waals surface area contributed by atoms with Gasteiger partial charge in [0.2, 0.25) is 5.95 Å². The molecule has 3 fully saturated rings. The molecule has 4 aromatic rings. The van der Waals surface area contributed by atoms with E-state index >= 15 is 0 Å². The fraction of sp³-hybridized carbons (Fsp3) is 0.533. The molecule has 1 saturated carbocycles. The van der Waals surface area contributed by atoms with Crippen LogP contribution in [0.1, 0.15) is 39.2 Å². The second-order valence-corrected chi connectivity index (χ2v) is 13.4. The Hall–Kier alpha value is -4.02. The molecule has 2 aliphatic heterocycles. The smallest absolute Gasteiger partial charge is 0.422 e. The molecular formula is C30H34ClF3N10O3. The van der Waals surface area contributed by atoms with E-state index in [0.717, 1.165) is 51.1 Å². The first kappa shape index (κ1) is 31.6. The van der Waals surface area contributed by atoms with E-state index in [1.807, 2.05) is 13.0 Å². The quantitative estimate of drug-likeness (QED) is 0.232. The number of benzene rings is 1. The predicted molar refractivity (Wildman–Crippen MR) is 164 cm³/mol. The fourth-order valence-corrected chi connectivity index (χ4v) is 6.72. The maximum absolute atomic E-state index is 13.1. The van der Waals surface area contributed by atoms with E-state index in [1.165, 1.54) is 6.33 Å². The maximum Gasteiger partial charge on any atom is 0.422 e. The van der Waals surface area contributed by atoms with Crippen LogP contribution in [0.15, 0.2) is 43.1 Å². The molecule has 1 aliphatic carbocycles. The zero-order valence-corrected chi connectivity index (χ0v) is 26.6. The van der Waals surface area contributed by atoms with Crippen LogP contribution >= 0.6 is 11.6 Å². The zero-order chi connectivity index (χ0) is 32.8. The molecule has 3 aliphatic rings. The molecule has 47 heavy (non-hydrogen) atoms. The molecule has 2 atom stereocenters. The van der Waals surface area contributed by atoms with Gasteiger partial charge >= 0.3 is 6.18 Å². The number of likely N-dealkylation sites (tertiary alicyclic amines) is 1. The molecule has 1 N–H and O–H groups in total. The minimum absolute atomic E-state index is 0.0637. The van der Waals surface area contributed by atoms with Crippen LogP contribution in [-0.4, -0.2) is 95.6 Å². The van der Waals surface area contributed by atoms with Gasteiger partial charge in [-0.25, -0.2) is 14.6 Å². The van der Waals surface area contributed by atoms with Gasteiger partial charge in [0.1, 0.15) is 23.9 Å². The molecule has 0 amide bonds. The molecule has 5 heterocycles. The molecule has 1 unspecified atom stereocenters. The highest BCUT2D eigenvalue weighted by molar-refractivity contribution is 6.32. The predicted octanol–water partition coefficient (Wildman–Crippen LogP) is 4.95. The van der Waals surface area contributed by atoms with Gasteiger partial charge < -0.3 is 19.5 Å². The fourth-order valence-electron chi connectivity index (χ4n) is 6.56. The maximum atomic E-state index is 13.1. The molecule has 250 valence electrons.